The van der Waals surface area contributed by atoms with Gasteiger partial charge in [-0.15, -0.1) is 0 Å². The third-order valence-corrected chi connectivity index (χ3v) is 3.58. The van der Waals surface area contributed by atoms with E-state index < -0.39 is 0 Å². The monoisotopic (exact) mass is 293 g/mol. The van der Waals surface area contributed by atoms with Gasteiger partial charge in [0.05, 0.1) is 19.8 Å². The van der Waals surface area contributed by atoms with Gasteiger partial charge in [0, 0.05) is 30.7 Å². The lowest BCUT2D eigenvalue weighted by atomic mass is 10.1. The van der Waals surface area contributed by atoms with E-state index in [-0.39, 0.29) is 0 Å². The summed E-state index contributed by atoms with van der Waals surface area (Å²) in [5, 5.41) is 3.35. The van der Waals surface area contributed by atoms with Crippen molar-refractivity contribution in [2.24, 2.45) is 5.92 Å². The van der Waals surface area contributed by atoms with Gasteiger partial charge in [0.25, 0.3) is 0 Å². The van der Waals surface area contributed by atoms with E-state index in [1.807, 2.05) is 12.1 Å². The molecule has 4 nitrogen and oxygen atoms in total. The van der Waals surface area contributed by atoms with Crippen LogP contribution in [0.4, 0.5) is 0 Å². The van der Waals surface area contributed by atoms with Crippen molar-refractivity contribution in [3.8, 4) is 11.5 Å². The van der Waals surface area contributed by atoms with Crippen molar-refractivity contribution >= 4 is 0 Å². The molecule has 1 N–H and O–H groups in total. The Kier molecular flexibility index (Phi) is 6.83. The van der Waals surface area contributed by atoms with Crippen LogP contribution in [0.3, 0.4) is 0 Å². The number of rotatable bonds is 9. The van der Waals surface area contributed by atoms with Gasteiger partial charge < -0.3 is 19.5 Å². The van der Waals surface area contributed by atoms with Gasteiger partial charge in [-0.3, -0.25) is 0 Å². The molecular weight excluding hydrogens is 266 g/mol. The Bertz CT molecular complexity index is 416. The van der Waals surface area contributed by atoms with E-state index in [1.165, 1.54) is 5.56 Å². The Morgan fingerprint density at radius 2 is 2.19 bits per heavy atom. The van der Waals surface area contributed by atoms with E-state index in [1.54, 1.807) is 0 Å². The minimum absolute atomic E-state index is 0.511. The molecule has 1 atom stereocenters. The summed E-state index contributed by atoms with van der Waals surface area (Å²) in [6.07, 6.45) is 2.10. The van der Waals surface area contributed by atoms with Crippen LogP contribution in [0.5, 0.6) is 11.5 Å². The van der Waals surface area contributed by atoms with E-state index in [4.69, 9.17) is 14.2 Å². The lowest BCUT2D eigenvalue weighted by Gasteiger charge is -2.16. The van der Waals surface area contributed by atoms with Crippen LogP contribution < -0.4 is 14.8 Å². The molecule has 2 rings (SSSR count). The molecule has 1 aromatic rings. The molecule has 1 aliphatic rings. The Balaban J connectivity index is 2.00. The fraction of sp³-hybridized carbons (Fsp3) is 0.647. The number of ether oxygens (including phenoxy) is 3. The molecular formula is C17H27NO3. The normalized spacial score (nSPS) is 17.9. The highest BCUT2D eigenvalue weighted by Crippen LogP contribution is 2.26. The molecule has 1 aliphatic heterocycles. The Morgan fingerprint density at radius 1 is 1.29 bits per heavy atom. The molecule has 0 bridgehead atoms. The van der Waals surface area contributed by atoms with Crippen molar-refractivity contribution in [2.45, 2.75) is 33.2 Å². The van der Waals surface area contributed by atoms with Gasteiger partial charge in [-0.25, -0.2) is 0 Å². The van der Waals surface area contributed by atoms with E-state index in [0.29, 0.717) is 5.92 Å². The molecule has 1 heterocycles. The highest BCUT2D eigenvalue weighted by Gasteiger charge is 2.17. The third kappa shape index (κ3) is 5.21. The maximum Gasteiger partial charge on any atom is 0.127 e. The average Bonchev–Trinajstić information content (AvgIpc) is 3.03. The van der Waals surface area contributed by atoms with Crippen LogP contribution in [0, 0.1) is 5.92 Å². The first-order valence-electron chi connectivity index (χ1n) is 8.00. The molecule has 0 aromatic heterocycles. The van der Waals surface area contributed by atoms with Gasteiger partial charge in [0.2, 0.25) is 0 Å². The summed E-state index contributed by atoms with van der Waals surface area (Å²) in [5.41, 5.74) is 1.18. The summed E-state index contributed by atoms with van der Waals surface area (Å²) >= 11 is 0. The molecule has 1 saturated heterocycles. The van der Waals surface area contributed by atoms with Crippen LogP contribution in [-0.4, -0.2) is 33.0 Å². The molecule has 0 aliphatic carbocycles. The van der Waals surface area contributed by atoms with Gasteiger partial charge >= 0.3 is 0 Å². The van der Waals surface area contributed by atoms with Crippen molar-refractivity contribution < 1.29 is 14.2 Å². The lowest BCUT2D eigenvalue weighted by Crippen LogP contribution is -2.16. The van der Waals surface area contributed by atoms with Gasteiger partial charge in [-0.05, 0) is 25.5 Å². The average molecular weight is 293 g/mol. The number of benzene rings is 1. The maximum atomic E-state index is 6.04. The van der Waals surface area contributed by atoms with E-state index in [0.717, 1.165) is 63.9 Å². The van der Waals surface area contributed by atoms with Gasteiger partial charge in [-0.2, -0.15) is 0 Å². The second-order valence-electron chi connectivity index (χ2n) is 5.44. The maximum absolute atomic E-state index is 6.04. The standard InChI is InChI=1S/C17H27NO3/c1-3-8-20-16-6-5-15(11-18-4-2)17(10-16)21-13-14-7-9-19-12-14/h5-6,10,14,18H,3-4,7-9,11-13H2,1-2H3. The van der Waals surface area contributed by atoms with Crippen molar-refractivity contribution in [3.05, 3.63) is 23.8 Å². The first-order valence-corrected chi connectivity index (χ1v) is 8.00. The minimum Gasteiger partial charge on any atom is -0.493 e. The Hall–Kier alpha value is -1.26. The fourth-order valence-corrected chi connectivity index (χ4v) is 2.31. The van der Waals surface area contributed by atoms with Gasteiger partial charge in [-0.1, -0.05) is 19.9 Å². The quantitative estimate of drug-likeness (QED) is 0.760. The predicted molar refractivity (Wildman–Crippen MR) is 84.0 cm³/mol. The topological polar surface area (TPSA) is 39.7 Å². The predicted octanol–water partition coefficient (Wildman–Crippen LogP) is 3.00. The van der Waals surface area contributed by atoms with Crippen LogP contribution in [0.25, 0.3) is 0 Å². The smallest absolute Gasteiger partial charge is 0.127 e. The molecule has 0 radical (unpaired) electrons. The van der Waals surface area contributed by atoms with E-state index in [2.05, 4.69) is 25.2 Å². The number of hydrogen-bond donors (Lipinski definition) is 1. The second-order valence-corrected chi connectivity index (χ2v) is 5.44. The van der Waals surface area contributed by atoms with E-state index >= 15 is 0 Å². The molecule has 1 unspecified atom stereocenters. The second kappa shape index (κ2) is 8.90. The Morgan fingerprint density at radius 3 is 2.90 bits per heavy atom. The summed E-state index contributed by atoms with van der Waals surface area (Å²) in [7, 11) is 0. The van der Waals surface area contributed by atoms with Crippen molar-refractivity contribution in [2.75, 3.05) is 33.0 Å². The van der Waals surface area contributed by atoms with Crippen LogP contribution >= 0.6 is 0 Å². The SMILES string of the molecule is CCCOc1ccc(CNCC)c(OCC2CCOC2)c1. The molecule has 0 amide bonds. The van der Waals surface area contributed by atoms with Crippen LogP contribution in [-0.2, 0) is 11.3 Å². The fourth-order valence-electron chi connectivity index (χ4n) is 2.31. The van der Waals surface area contributed by atoms with Gasteiger partial charge in [0.15, 0.2) is 0 Å². The zero-order valence-corrected chi connectivity index (χ0v) is 13.2. The number of nitrogens with one attached hydrogen (secondary N) is 1. The highest BCUT2D eigenvalue weighted by atomic mass is 16.5. The van der Waals surface area contributed by atoms with Gasteiger partial charge in [0.1, 0.15) is 11.5 Å². The van der Waals surface area contributed by atoms with E-state index in [9.17, 15) is 0 Å². The summed E-state index contributed by atoms with van der Waals surface area (Å²) in [6.45, 7) is 9.11. The first kappa shape index (κ1) is 16.1. The largest absolute Gasteiger partial charge is 0.493 e. The van der Waals surface area contributed by atoms with Crippen molar-refractivity contribution in [3.63, 3.8) is 0 Å². The minimum atomic E-state index is 0.511. The van der Waals surface area contributed by atoms with Crippen molar-refractivity contribution in [1.29, 1.82) is 0 Å². The summed E-state index contributed by atoms with van der Waals surface area (Å²) in [5.74, 6) is 2.32. The van der Waals surface area contributed by atoms with Crippen LogP contribution in [0.1, 0.15) is 32.3 Å². The summed E-state index contributed by atoms with van der Waals surface area (Å²) < 4.78 is 17.1. The molecule has 0 saturated carbocycles. The zero-order valence-electron chi connectivity index (χ0n) is 13.2. The molecule has 1 fully saturated rings. The highest BCUT2D eigenvalue weighted by molar-refractivity contribution is 5.40. The molecule has 1 aromatic carbocycles. The van der Waals surface area contributed by atoms with Crippen LogP contribution in [0.15, 0.2) is 18.2 Å². The molecule has 0 spiro atoms. The zero-order chi connectivity index (χ0) is 14.9. The summed E-state index contributed by atoms with van der Waals surface area (Å²) in [4.78, 5) is 0. The van der Waals surface area contributed by atoms with Crippen molar-refractivity contribution in [1.82, 2.24) is 5.32 Å². The third-order valence-electron chi connectivity index (χ3n) is 3.58. The molecule has 118 valence electrons. The first-order chi connectivity index (χ1) is 10.3. The number of hydrogen-bond acceptors (Lipinski definition) is 4. The summed E-state index contributed by atoms with van der Waals surface area (Å²) in [6, 6.07) is 6.13. The lowest BCUT2D eigenvalue weighted by molar-refractivity contribution is 0.166. The molecule has 21 heavy (non-hydrogen) atoms. The Labute approximate surface area is 127 Å². The van der Waals surface area contributed by atoms with Crippen LogP contribution in [0.2, 0.25) is 0 Å². The molecule has 4 heteroatoms.